The second kappa shape index (κ2) is 3.51. The van der Waals surface area contributed by atoms with Gasteiger partial charge in [0.2, 0.25) is 5.82 Å². The smallest absolute Gasteiger partial charge is 0.274 e. The highest BCUT2D eigenvalue weighted by Gasteiger charge is 2.13. The highest BCUT2D eigenvalue weighted by atomic mass is 32.2. The van der Waals surface area contributed by atoms with Crippen molar-refractivity contribution in [3.8, 4) is 0 Å². The monoisotopic (exact) mass is 188 g/mol. The molecule has 0 fully saturated rings. The summed E-state index contributed by atoms with van der Waals surface area (Å²) in [4.78, 5) is 9.88. The molecule has 0 spiro atoms. The SMILES string of the molecule is NSc1ccc(F)c([N+](=O)[O-])c1. The molecule has 0 atom stereocenters. The predicted octanol–water partition coefficient (Wildman–Crippen LogP) is 1.70. The Morgan fingerprint density at radius 1 is 1.58 bits per heavy atom. The zero-order chi connectivity index (χ0) is 9.14. The Morgan fingerprint density at radius 2 is 2.25 bits per heavy atom. The minimum Gasteiger partial charge on any atom is -0.274 e. The van der Waals surface area contributed by atoms with Crippen LogP contribution in [0.4, 0.5) is 10.1 Å². The highest BCUT2D eigenvalue weighted by molar-refractivity contribution is 7.97. The van der Waals surface area contributed by atoms with Crippen LogP contribution >= 0.6 is 11.9 Å². The number of benzene rings is 1. The lowest BCUT2D eigenvalue weighted by molar-refractivity contribution is -0.387. The van der Waals surface area contributed by atoms with Gasteiger partial charge in [0.1, 0.15) is 0 Å². The molecule has 1 rings (SSSR count). The molecular formula is C6H5FN2O2S. The number of nitrogens with two attached hydrogens (primary N) is 1. The minimum atomic E-state index is -0.849. The Morgan fingerprint density at radius 3 is 2.75 bits per heavy atom. The molecule has 0 saturated heterocycles. The summed E-state index contributed by atoms with van der Waals surface area (Å²) in [6, 6.07) is 3.50. The van der Waals surface area contributed by atoms with Crippen molar-refractivity contribution in [2.75, 3.05) is 0 Å². The molecule has 2 N–H and O–H groups in total. The predicted molar refractivity (Wildman–Crippen MR) is 43.1 cm³/mol. The Balaban J connectivity index is 3.17. The summed E-state index contributed by atoms with van der Waals surface area (Å²) in [6.45, 7) is 0. The Hall–Kier alpha value is -1.14. The number of hydrogen-bond acceptors (Lipinski definition) is 4. The van der Waals surface area contributed by atoms with Gasteiger partial charge in [-0.1, -0.05) is 0 Å². The molecule has 0 aliphatic heterocycles. The van der Waals surface area contributed by atoms with Crippen molar-refractivity contribution in [3.05, 3.63) is 34.1 Å². The fourth-order valence-electron chi connectivity index (χ4n) is 0.706. The lowest BCUT2D eigenvalue weighted by Gasteiger charge is -1.96. The molecule has 0 radical (unpaired) electrons. The van der Waals surface area contributed by atoms with Crippen LogP contribution in [0.5, 0.6) is 0 Å². The van der Waals surface area contributed by atoms with Crippen molar-refractivity contribution >= 4 is 17.6 Å². The molecule has 0 aliphatic carbocycles. The number of nitro groups is 1. The molecule has 64 valence electrons. The molecule has 4 nitrogen and oxygen atoms in total. The summed E-state index contributed by atoms with van der Waals surface area (Å²) in [5.74, 6) is -0.849. The van der Waals surface area contributed by atoms with Gasteiger partial charge in [-0.3, -0.25) is 15.3 Å². The van der Waals surface area contributed by atoms with Crippen LogP contribution in [-0.4, -0.2) is 4.92 Å². The highest BCUT2D eigenvalue weighted by Crippen LogP contribution is 2.22. The third-order valence-corrected chi connectivity index (χ3v) is 1.78. The van der Waals surface area contributed by atoms with Crippen LogP contribution < -0.4 is 5.14 Å². The van der Waals surface area contributed by atoms with Gasteiger partial charge in [-0.15, -0.1) is 0 Å². The summed E-state index contributed by atoms with van der Waals surface area (Å²) >= 11 is 0.838. The number of rotatable bonds is 2. The molecule has 12 heavy (non-hydrogen) atoms. The summed E-state index contributed by atoms with van der Waals surface area (Å²) < 4.78 is 12.7. The lowest BCUT2D eigenvalue weighted by atomic mass is 10.3. The van der Waals surface area contributed by atoms with Gasteiger partial charge in [-0.25, -0.2) is 0 Å². The molecule has 0 aliphatic rings. The zero-order valence-electron chi connectivity index (χ0n) is 5.86. The second-order valence-corrected chi connectivity index (χ2v) is 2.70. The molecule has 6 heteroatoms. The maximum absolute atomic E-state index is 12.7. The number of nitro benzene ring substituents is 1. The minimum absolute atomic E-state index is 0.461. The number of halogens is 1. The van der Waals surface area contributed by atoms with Gasteiger partial charge >= 0.3 is 5.69 Å². The fraction of sp³-hybridized carbons (Fsp3) is 0. The Labute approximate surface area is 71.8 Å². The second-order valence-electron chi connectivity index (χ2n) is 1.99. The van der Waals surface area contributed by atoms with Crippen molar-refractivity contribution in [2.24, 2.45) is 5.14 Å². The van der Waals surface area contributed by atoms with E-state index in [0.717, 1.165) is 24.1 Å². The van der Waals surface area contributed by atoms with Gasteiger partial charge in [0.25, 0.3) is 0 Å². The van der Waals surface area contributed by atoms with E-state index in [1.54, 1.807) is 0 Å². The van der Waals surface area contributed by atoms with E-state index >= 15 is 0 Å². The molecule has 0 amide bonds. The Bertz CT molecular complexity index is 318. The van der Waals surface area contributed by atoms with E-state index in [-0.39, 0.29) is 0 Å². The topological polar surface area (TPSA) is 69.2 Å². The van der Waals surface area contributed by atoms with Crippen LogP contribution in [0, 0.1) is 15.9 Å². The van der Waals surface area contributed by atoms with E-state index < -0.39 is 16.4 Å². The van der Waals surface area contributed by atoms with E-state index in [0.29, 0.717) is 4.90 Å². The van der Waals surface area contributed by atoms with Crippen LogP contribution in [-0.2, 0) is 0 Å². The van der Waals surface area contributed by atoms with Crippen molar-refractivity contribution in [1.82, 2.24) is 0 Å². The first-order valence-corrected chi connectivity index (χ1v) is 3.84. The molecule has 0 heterocycles. The standard InChI is InChI=1S/C6H5FN2O2S/c7-5-2-1-4(12-8)3-6(5)9(10)11/h1-3H,8H2. The normalized spacial score (nSPS) is 9.83. The Kier molecular flexibility index (Phi) is 2.61. The molecule has 1 aromatic rings. The van der Waals surface area contributed by atoms with Crippen molar-refractivity contribution in [3.63, 3.8) is 0 Å². The first-order valence-electron chi connectivity index (χ1n) is 2.96. The van der Waals surface area contributed by atoms with Crippen LogP contribution in [0.15, 0.2) is 23.1 Å². The van der Waals surface area contributed by atoms with Gasteiger partial charge in [0.05, 0.1) is 4.92 Å². The molecule has 0 aromatic heterocycles. The largest absolute Gasteiger partial charge is 0.305 e. The molecule has 1 aromatic carbocycles. The van der Waals surface area contributed by atoms with Crippen LogP contribution in [0.3, 0.4) is 0 Å². The van der Waals surface area contributed by atoms with E-state index in [1.165, 1.54) is 6.07 Å². The summed E-state index contributed by atoms with van der Waals surface area (Å²) in [5.41, 5.74) is -0.551. The van der Waals surface area contributed by atoms with Crippen LogP contribution in [0.1, 0.15) is 0 Å². The van der Waals surface area contributed by atoms with E-state index in [2.05, 4.69) is 0 Å². The average molecular weight is 188 g/mol. The molecule has 0 saturated carbocycles. The van der Waals surface area contributed by atoms with Crippen molar-refractivity contribution < 1.29 is 9.31 Å². The maximum Gasteiger partial charge on any atom is 0.305 e. The summed E-state index contributed by atoms with van der Waals surface area (Å²) in [7, 11) is 0. The van der Waals surface area contributed by atoms with Gasteiger partial charge < -0.3 is 0 Å². The quantitative estimate of drug-likeness (QED) is 0.435. The zero-order valence-corrected chi connectivity index (χ0v) is 6.68. The van der Waals surface area contributed by atoms with E-state index in [9.17, 15) is 14.5 Å². The fourth-order valence-corrected chi connectivity index (χ4v) is 1.03. The number of nitrogens with zero attached hydrogens (tertiary/aromatic N) is 1. The van der Waals surface area contributed by atoms with Crippen molar-refractivity contribution in [2.45, 2.75) is 4.90 Å². The van der Waals surface area contributed by atoms with E-state index in [4.69, 9.17) is 5.14 Å². The lowest BCUT2D eigenvalue weighted by Crippen LogP contribution is -1.92. The van der Waals surface area contributed by atoms with Gasteiger partial charge in [-0.2, -0.15) is 4.39 Å². The van der Waals surface area contributed by atoms with Gasteiger partial charge in [-0.05, 0) is 24.1 Å². The molecular weight excluding hydrogens is 183 g/mol. The van der Waals surface area contributed by atoms with Gasteiger partial charge in [0.15, 0.2) is 0 Å². The van der Waals surface area contributed by atoms with Crippen LogP contribution in [0.2, 0.25) is 0 Å². The maximum atomic E-state index is 12.7. The average Bonchev–Trinajstić information content (AvgIpc) is 2.05. The summed E-state index contributed by atoms with van der Waals surface area (Å²) in [6.07, 6.45) is 0. The molecule has 0 unspecified atom stereocenters. The van der Waals surface area contributed by atoms with E-state index in [1.807, 2.05) is 0 Å². The van der Waals surface area contributed by atoms with Crippen molar-refractivity contribution in [1.29, 1.82) is 0 Å². The third kappa shape index (κ3) is 1.72. The van der Waals surface area contributed by atoms with Crippen LogP contribution in [0.25, 0.3) is 0 Å². The van der Waals surface area contributed by atoms with Gasteiger partial charge in [0, 0.05) is 11.0 Å². The third-order valence-electron chi connectivity index (χ3n) is 1.25. The summed E-state index contributed by atoms with van der Waals surface area (Å²) in [5, 5.41) is 15.3. The number of hydrogen-bond donors (Lipinski definition) is 1. The first kappa shape index (κ1) is 8.95. The molecule has 0 bridgehead atoms. The first-order chi connectivity index (χ1) is 5.65.